The lowest BCUT2D eigenvalue weighted by Crippen LogP contribution is -2.35. The molecule has 42 heavy (non-hydrogen) atoms. The molecule has 1 unspecified atom stereocenters. The summed E-state index contributed by atoms with van der Waals surface area (Å²) in [6.07, 6.45) is 2.99. The molecule has 204 valence electrons. The lowest BCUT2D eigenvalue weighted by molar-refractivity contribution is 0.353. The van der Waals surface area contributed by atoms with E-state index in [1.165, 1.54) is 0 Å². The smallest absolute Gasteiger partial charge is 0.161 e. The molecular weight excluding hydrogens is 518 g/mol. The van der Waals surface area contributed by atoms with E-state index < -0.39 is 5.41 Å². The van der Waals surface area contributed by atoms with Gasteiger partial charge in [0.15, 0.2) is 11.5 Å². The number of rotatable bonds is 3. The zero-order valence-corrected chi connectivity index (χ0v) is 23.8. The molecule has 4 aromatic rings. The zero-order chi connectivity index (χ0) is 29.0. The monoisotopic (exact) mass is 547 g/mol. The van der Waals surface area contributed by atoms with Gasteiger partial charge in [0.1, 0.15) is 11.8 Å². The summed E-state index contributed by atoms with van der Waals surface area (Å²) >= 11 is 0. The first kappa shape index (κ1) is 25.7. The fraction of sp³-hybridized carbons (Fsp3) is 0.189. The topological polar surface area (TPSA) is 69.3 Å². The molecule has 0 saturated carbocycles. The van der Waals surface area contributed by atoms with Gasteiger partial charge < -0.3 is 14.4 Å². The molecule has 5 heteroatoms. The Labute approximate surface area is 246 Å². The summed E-state index contributed by atoms with van der Waals surface area (Å²) in [6.45, 7) is 2.65. The molecule has 0 saturated heterocycles. The third-order valence-electron chi connectivity index (χ3n) is 9.12. The second-order valence-corrected chi connectivity index (χ2v) is 11.1. The average Bonchev–Trinajstić information content (AvgIpc) is 3.25. The van der Waals surface area contributed by atoms with Gasteiger partial charge in [-0.3, -0.25) is 0 Å². The first-order chi connectivity index (χ1) is 20.6. The SMILES string of the molecule is COc1cc2c(cc1OC)C1=CC(c3ccc(C)cc3)C3(C(C#N)=C(C#N)N1CC2)c1ccccc1-c1ccccc13. The number of benzene rings is 4. The van der Waals surface area contributed by atoms with E-state index in [-0.39, 0.29) is 5.92 Å². The Kier molecular flexibility index (Phi) is 5.92. The molecule has 0 amide bonds. The fourth-order valence-corrected chi connectivity index (χ4v) is 7.29. The maximum atomic E-state index is 11.1. The van der Waals surface area contributed by atoms with Crippen LogP contribution in [-0.4, -0.2) is 25.7 Å². The first-order valence-electron chi connectivity index (χ1n) is 14.1. The fourth-order valence-electron chi connectivity index (χ4n) is 7.29. The summed E-state index contributed by atoms with van der Waals surface area (Å²) in [6, 6.07) is 34.4. The van der Waals surface area contributed by atoms with Gasteiger partial charge in [0.2, 0.25) is 0 Å². The summed E-state index contributed by atoms with van der Waals surface area (Å²) in [5.41, 5.74) is 9.52. The Morgan fingerprint density at radius 3 is 2.00 bits per heavy atom. The molecule has 2 aliphatic heterocycles. The molecule has 1 spiro atoms. The number of hydrogen-bond donors (Lipinski definition) is 0. The van der Waals surface area contributed by atoms with Crippen molar-refractivity contribution in [2.75, 3.05) is 20.8 Å². The van der Waals surface area contributed by atoms with Gasteiger partial charge in [0.05, 0.1) is 31.3 Å². The number of aryl methyl sites for hydroxylation is 1. The van der Waals surface area contributed by atoms with Crippen LogP contribution < -0.4 is 9.47 Å². The molecule has 5 nitrogen and oxygen atoms in total. The van der Waals surface area contributed by atoms with Crippen LogP contribution in [0, 0.1) is 29.6 Å². The number of nitriles is 2. The molecular formula is C37H29N3O2. The molecule has 0 aromatic heterocycles. The molecule has 0 N–H and O–H groups in total. The first-order valence-corrected chi connectivity index (χ1v) is 14.1. The van der Waals surface area contributed by atoms with Crippen LogP contribution in [0.15, 0.2) is 102 Å². The maximum Gasteiger partial charge on any atom is 0.161 e. The van der Waals surface area contributed by atoms with Gasteiger partial charge in [-0.25, -0.2) is 0 Å². The van der Waals surface area contributed by atoms with Gasteiger partial charge in [-0.2, -0.15) is 10.5 Å². The van der Waals surface area contributed by atoms with Gasteiger partial charge >= 0.3 is 0 Å². The highest BCUT2D eigenvalue weighted by molar-refractivity contribution is 5.88. The van der Waals surface area contributed by atoms with Crippen molar-refractivity contribution in [2.24, 2.45) is 0 Å². The minimum atomic E-state index is -0.899. The van der Waals surface area contributed by atoms with E-state index in [0.29, 0.717) is 35.7 Å². The Morgan fingerprint density at radius 1 is 0.786 bits per heavy atom. The van der Waals surface area contributed by atoms with Gasteiger partial charge in [0.25, 0.3) is 0 Å². The molecule has 0 fully saturated rings. The van der Waals surface area contributed by atoms with Gasteiger partial charge in [-0.15, -0.1) is 0 Å². The predicted molar refractivity (Wildman–Crippen MR) is 163 cm³/mol. The molecule has 0 radical (unpaired) electrons. The molecule has 2 heterocycles. The van der Waals surface area contributed by atoms with Crippen LogP contribution in [-0.2, 0) is 11.8 Å². The van der Waals surface area contributed by atoms with E-state index >= 15 is 0 Å². The Balaban J connectivity index is 1.65. The summed E-state index contributed by atoms with van der Waals surface area (Å²) in [5, 5.41) is 21.9. The van der Waals surface area contributed by atoms with Gasteiger partial charge in [0, 0.05) is 23.7 Å². The number of ether oxygens (including phenoxy) is 2. The van der Waals surface area contributed by atoms with Crippen molar-refractivity contribution in [3.63, 3.8) is 0 Å². The number of nitrogens with zero attached hydrogens (tertiary/aromatic N) is 3. The van der Waals surface area contributed by atoms with Crippen LogP contribution in [0.3, 0.4) is 0 Å². The lowest BCUT2D eigenvalue weighted by Gasteiger charge is -2.38. The highest BCUT2D eigenvalue weighted by Gasteiger charge is 2.55. The van der Waals surface area contributed by atoms with Crippen LogP contribution in [0.1, 0.15) is 39.3 Å². The number of hydrogen-bond acceptors (Lipinski definition) is 5. The maximum absolute atomic E-state index is 11.1. The van der Waals surface area contributed by atoms with Crippen molar-refractivity contribution >= 4 is 5.70 Å². The molecule has 7 rings (SSSR count). The zero-order valence-electron chi connectivity index (χ0n) is 23.8. The summed E-state index contributed by atoms with van der Waals surface area (Å²) in [7, 11) is 3.28. The summed E-state index contributed by atoms with van der Waals surface area (Å²) in [5.74, 6) is 1.03. The predicted octanol–water partition coefficient (Wildman–Crippen LogP) is 7.28. The van der Waals surface area contributed by atoms with E-state index in [1.807, 2.05) is 41.3 Å². The normalized spacial score (nSPS) is 17.6. The van der Waals surface area contributed by atoms with E-state index in [9.17, 15) is 10.5 Å². The minimum absolute atomic E-state index is 0.278. The van der Waals surface area contributed by atoms with Crippen molar-refractivity contribution < 1.29 is 9.47 Å². The molecule has 3 aliphatic rings. The van der Waals surface area contributed by atoms with Gasteiger partial charge in [-0.1, -0.05) is 84.4 Å². The van der Waals surface area contributed by atoms with E-state index in [1.54, 1.807) is 14.2 Å². The Bertz CT molecular complexity index is 1860. The minimum Gasteiger partial charge on any atom is -0.493 e. The van der Waals surface area contributed by atoms with Crippen molar-refractivity contribution in [2.45, 2.75) is 24.7 Å². The lowest BCUT2D eigenvalue weighted by atomic mass is 9.61. The Morgan fingerprint density at radius 2 is 1.40 bits per heavy atom. The van der Waals surface area contributed by atoms with Crippen LogP contribution >= 0.6 is 0 Å². The third-order valence-corrected chi connectivity index (χ3v) is 9.12. The van der Waals surface area contributed by atoms with Crippen molar-refractivity contribution in [1.82, 2.24) is 4.90 Å². The number of allylic oxidation sites excluding steroid dienone is 3. The highest BCUT2D eigenvalue weighted by atomic mass is 16.5. The molecule has 0 bridgehead atoms. The van der Waals surface area contributed by atoms with Crippen molar-refractivity contribution in [3.05, 3.63) is 136 Å². The van der Waals surface area contributed by atoms with E-state index in [0.717, 1.165) is 50.2 Å². The summed E-state index contributed by atoms with van der Waals surface area (Å²) < 4.78 is 11.4. The van der Waals surface area contributed by atoms with Crippen LogP contribution in [0.4, 0.5) is 0 Å². The highest BCUT2D eigenvalue weighted by Crippen LogP contribution is 2.62. The molecule has 1 atom stereocenters. The molecule has 1 aliphatic carbocycles. The second-order valence-electron chi connectivity index (χ2n) is 11.1. The van der Waals surface area contributed by atoms with E-state index in [2.05, 4.69) is 73.7 Å². The second kappa shape index (κ2) is 9.68. The van der Waals surface area contributed by atoms with Gasteiger partial charge in [-0.05, 0) is 58.9 Å². The largest absolute Gasteiger partial charge is 0.493 e. The van der Waals surface area contributed by atoms with Crippen LogP contribution in [0.2, 0.25) is 0 Å². The third kappa shape index (κ3) is 3.41. The number of methoxy groups -OCH3 is 2. The Hall–Kier alpha value is -5.26. The number of fused-ring (bicyclic) bond motifs is 8. The van der Waals surface area contributed by atoms with Crippen molar-refractivity contribution in [3.8, 4) is 34.8 Å². The van der Waals surface area contributed by atoms with Crippen LogP contribution in [0.25, 0.3) is 16.8 Å². The molecule has 4 aromatic carbocycles. The van der Waals surface area contributed by atoms with Crippen molar-refractivity contribution in [1.29, 1.82) is 10.5 Å². The summed E-state index contributed by atoms with van der Waals surface area (Å²) in [4.78, 5) is 2.05. The quantitative estimate of drug-likeness (QED) is 0.270. The van der Waals surface area contributed by atoms with Crippen LogP contribution in [0.5, 0.6) is 11.5 Å². The standard InChI is InChI=1S/C37H29N3O2/c1-23-12-14-24(15-13-23)31-20-33-28-19-36(42-3)35(41-2)18-25(28)16-17-40(33)34(22-39)32(21-38)37(31)29-10-6-4-8-26(29)27-9-5-7-11-30(27)37/h4-15,18-20,31H,16-17H2,1-3H3. The average molecular weight is 548 g/mol. The van der Waals surface area contributed by atoms with E-state index in [4.69, 9.17) is 9.47 Å².